The van der Waals surface area contributed by atoms with Crippen molar-refractivity contribution in [2.24, 2.45) is 0 Å². The highest BCUT2D eigenvalue weighted by Crippen LogP contribution is 2.02. The molecule has 2 heteroatoms. The van der Waals surface area contributed by atoms with Crippen molar-refractivity contribution in [3.05, 3.63) is 0 Å². The van der Waals surface area contributed by atoms with Crippen molar-refractivity contribution in [2.45, 2.75) is 40.5 Å². The molecule has 12 heavy (non-hydrogen) atoms. The summed E-state index contributed by atoms with van der Waals surface area (Å²) in [5.74, 6) is 2.66. The largest absolute Gasteiger partial charge is 0.316 e. The van der Waals surface area contributed by atoms with Gasteiger partial charge in [-0.05, 0) is 18.7 Å². The fourth-order valence-corrected chi connectivity index (χ4v) is 1.51. The first kappa shape index (κ1) is 14.8. The van der Waals surface area contributed by atoms with Crippen molar-refractivity contribution in [3.8, 4) is 0 Å². The zero-order chi connectivity index (χ0) is 9.66. The number of nitrogens with one attached hydrogen (secondary N) is 1. The van der Waals surface area contributed by atoms with E-state index < -0.39 is 0 Å². The predicted octanol–water partition coefficient (Wildman–Crippen LogP) is 3.16. The lowest BCUT2D eigenvalue weighted by Crippen LogP contribution is -2.15. The lowest BCUT2D eigenvalue weighted by atomic mass is 10.5. The molecule has 0 aromatic rings. The highest BCUT2D eigenvalue weighted by molar-refractivity contribution is 7.99. The molecular weight excluding hydrogens is 166 g/mol. The third kappa shape index (κ3) is 16.7. The molecule has 0 saturated carbocycles. The predicted molar refractivity (Wildman–Crippen MR) is 62.1 cm³/mol. The summed E-state index contributed by atoms with van der Waals surface area (Å²) in [6.45, 7) is 10.7. The fraction of sp³-hybridized carbons (Fsp3) is 1.00. The van der Waals surface area contributed by atoms with E-state index in [2.05, 4.69) is 30.9 Å². The standard InChI is InChI=1S/C5H11NS.C3H8.C2H6/c1-2-6-3-5-7-4-1;1-3-2;1-2/h6H,1-5H2;3H2,1-2H3;1-2H3. The van der Waals surface area contributed by atoms with Crippen LogP contribution in [0.4, 0.5) is 0 Å². The molecule has 0 spiro atoms. The van der Waals surface area contributed by atoms with Crippen LogP contribution in [0.3, 0.4) is 0 Å². The van der Waals surface area contributed by atoms with Gasteiger partial charge < -0.3 is 5.32 Å². The van der Waals surface area contributed by atoms with E-state index in [1.165, 1.54) is 37.4 Å². The van der Waals surface area contributed by atoms with Crippen molar-refractivity contribution >= 4 is 11.8 Å². The van der Waals surface area contributed by atoms with Gasteiger partial charge in [0, 0.05) is 12.3 Å². The fourth-order valence-electron chi connectivity index (χ4n) is 0.671. The summed E-state index contributed by atoms with van der Waals surface area (Å²) in [4.78, 5) is 0. The summed E-state index contributed by atoms with van der Waals surface area (Å²) in [7, 11) is 0. The van der Waals surface area contributed by atoms with E-state index in [4.69, 9.17) is 0 Å². The van der Waals surface area contributed by atoms with E-state index in [9.17, 15) is 0 Å². The Balaban J connectivity index is 0. The molecule has 76 valence electrons. The first-order valence-corrected chi connectivity index (χ1v) is 6.35. The minimum Gasteiger partial charge on any atom is -0.316 e. The Morgan fingerprint density at radius 2 is 1.67 bits per heavy atom. The molecule has 0 aromatic carbocycles. The minimum absolute atomic E-state index is 1.21. The van der Waals surface area contributed by atoms with Crippen molar-refractivity contribution < 1.29 is 0 Å². The second-order valence-electron chi connectivity index (χ2n) is 2.42. The molecule has 0 bridgehead atoms. The summed E-state index contributed by atoms with van der Waals surface area (Å²) < 4.78 is 0. The first-order valence-electron chi connectivity index (χ1n) is 5.20. The molecule has 1 aliphatic heterocycles. The van der Waals surface area contributed by atoms with E-state index >= 15 is 0 Å². The molecule has 1 rings (SSSR count). The average molecular weight is 191 g/mol. The molecule has 1 N–H and O–H groups in total. The highest BCUT2D eigenvalue weighted by Gasteiger charge is 1.94. The van der Waals surface area contributed by atoms with Crippen LogP contribution >= 0.6 is 11.8 Å². The zero-order valence-electron chi connectivity index (χ0n) is 9.15. The van der Waals surface area contributed by atoms with Crippen LogP contribution in [0.1, 0.15) is 40.5 Å². The molecule has 0 aromatic heterocycles. The minimum atomic E-state index is 1.21. The second-order valence-corrected chi connectivity index (χ2v) is 3.65. The maximum absolute atomic E-state index is 3.33. The molecule has 0 amide bonds. The van der Waals surface area contributed by atoms with Gasteiger partial charge in [0.1, 0.15) is 0 Å². The van der Waals surface area contributed by atoms with Crippen molar-refractivity contribution in [1.82, 2.24) is 5.32 Å². The van der Waals surface area contributed by atoms with Gasteiger partial charge in [-0.2, -0.15) is 11.8 Å². The average Bonchev–Trinajstić information content (AvgIpc) is 2.40. The number of hydrogen-bond donors (Lipinski definition) is 1. The van der Waals surface area contributed by atoms with Crippen LogP contribution in [0.5, 0.6) is 0 Å². The van der Waals surface area contributed by atoms with E-state index in [1.807, 2.05) is 13.8 Å². The van der Waals surface area contributed by atoms with Gasteiger partial charge in [0.25, 0.3) is 0 Å². The summed E-state index contributed by atoms with van der Waals surface area (Å²) in [6, 6.07) is 0. The quantitative estimate of drug-likeness (QED) is 0.631. The van der Waals surface area contributed by atoms with Crippen molar-refractivity contribution in [3.63, 3.8) is 0 Å². The second kappa shape index (κ2) is 17.4. The van der Waals surface area contributed by atoms with Crippen LogP contribution in [0.25, 0.3) is 0 Å². The topological polar surface area (TPSA) is 12.0 Å². The van der Waals surface area contributed by atoms with Crippen LogP contribution < -0.4 is 5.32 Å². The molecule has 1 fully saturated rings. The highest BCUT2D eigenvalue weighted by atomic mass is 32.2. The maximum Gasteiger partial charge on any atom is 0.00581 e. The summed E-state index contributed by atoms with van der Waals surface area (Å²) >= 11 is 2.05. The van der Waals surface area contributed by atoms with E-state index in [0.29, 0.717) is 0 Å². The van der Waals surface area contributed by atoms with Crippen LogP contribution in [0.2, 0.25) is 0 Å². The summed E-state index contributed by atoms with van der Waals surface area (Å²) in [6.07, 6.45) is 2.60. The first-order chi connectivity index (χ1) is 5.91. The third-order valence-corrected chi connectivity index (χ3v) is 2.14. The van der Waals surface area contributed by atoms with Crippen LogP contribution in [0.15, 0.2) is 0 Å². The maximum atomic E-state index is 3.33. The third-order valence-electron chi connectivity index (χ3n) is 1.07. The Morgan fingerprint density at radius 1 is 1.08 bits per heavy atom. The Morgan fingerprint density at radius 3 is 2.25 bits per heavy atom. The SMILES string of the molecule is C1CNCCSC1.CC.CCC. The van der Waals surface area contributed by atoms with Gasteiger partial charge in [-0.1, -0.05) is 34.1 Å². The van der Waals surface area contributed by atoms with Gasteiger partial charge in [0.2, 0.25) is 0 Å². The molecular formula is C10H25NS. The van der Waals surface area contributed by atoms with Crippen LogP contribution in [0, 0.1) is 0 Å². The summed E-state index contributed by atoms with van der Waals surface area (Å²) in [5.41, 5.74) is 0. The molecule has 0 atom stereocenters. The molecule has 1 aliphatic rings. The van der Waals surface area contributed by atoms with Gasteiger partial charge in [-0.15, -0.1) is 0 Å². The Hall–Kier alpha value is 0.310. The molecule has 1 heterocycles. The van der Waals surface area contributed by atoms with E-state index in [0.717, 1.165) is 0 Å². The van der Waals surface area contributed by atoms with Crippen LogP contribution in [-0.4, -0.2) is 24.6 Å². The zero-order valence-corrected chi connectivity index (χ0v) is 9.97. The molecule has 0 radical (unpaired) electrons. The molecule has 0 unspecified atom stereocenters. The normalized spacial score (nSPS) is 16.0. The Labute approximate surface area is 82.7 Å². The van der Waals surface area contributed by atoms with Gasteiger partial charge in [0.05, 0.1) is 0 Å². The van der Waals surface area contributed by atoms with Gasteiger partial charge in [0.15, 0.2) is 0 Å². The van der Waals surface area contributed by atoms with Gasteiger partial charge >= 0.3 is 0 Å². The molecule has 1 nitrogen and oxygen atoms in total. The number of thioether (sulfide) groups is 1. The van der Waals surface area contributed by atoms with E-state index in [1.54, 1.807) is 0 Å². The smallest absolute Gasteiger partial charge is 0.00581 e. The van der Waals surface area contributed by atoms with E-state index in [-0.39, 0.29) is 0 Å². The van der Waals surface area contributed by atoms with Crippen LogP contribution in [-0.2, 0) is 0 Å². The molecule has 0 aliphatic carbocycles. The Bertz CT molecular complexity index is 38.1. The van der Waals surface area contributed by atoms with Crippen molar-refractivity contribution in [1.29, 1.82) is 0 Å². The number of hydrogen-bond acceptors (Lipinski definition) is 2. The van der Waals surface area contributed by atoms with Gasteiger partial charge in [-0.25, -0.2) is 0 Å². The van der Waals surface area contributed by atoms with Crippen molar-refractivity contribution in [2.75, 3.05) is 24.6 Å². The number of rotatable bonds is 0. The lowest BCUT2D eigenvalue weighted by molar-refractivity contribution is 0.724. The Kier molecular flexibility index (Phi) is 21.5. The van der Waals surface area contributed by atoms with Gasteiger partial charge in [-0.3, -0.25) is 0 Å². The molecule has 1 saturated heterocycles. The summed E-state index contributed by atoms with van der Waals surface area (Å²) in [5, 5.41) is 3.33. The monoisotopic (exact) mass is 191 g/mol. The lowest BCUT2D eigenvalue weighted by Gasteiger charge is -1.91.